The van der Waals surface area contributed by atoms with Gasteiger partial charge in [0.1, 0.15) is 10.2 Å². The number of halogens is 2. The van der Waals surface area contributed by atoms with Gasteiger partial charge in [-0.15, -0.1) is 11.3 Å². The van der Waals surface area contributed by atoms with E-state index in [0.717, 1.165) is 30.1 Å². The molecule has 3 heterocycles. The number of ether oxygens (including phenoxy) is 3. The zero-order chi connectivity index (χ0) is 20.6. The predicted octanol–water partition coefficient (Wildman–Crippen LogP) is 4.21. The van der Waals surface area contributed by atoms with Crippen molar-refractivity contribution in [1.29, 1.82) is 0 Å². The summed E-state index contributed by atoms with van der Waals surface area (Å²) >= 11 is 13.6. The van der Waals surface area contributed by atoms with Crippen LogP contribution in [0.3, 0.4) is 0 Å². The van der Waals surface area contributed by atoms with Crippen LogP contribution in [0.15, 0.2) is 12.1 Å². The predicted molar refractivity (Wildman–Crippen MR) is 112 cm³/mol. The minimum atomic E-state index is -0.959. The highest BCUT2D eigenvalue weighted by Crippen LogP contribution is 2.43. The largest absolute Gasteiger partial charge is 0.466 e. The monoisotopic (exact) mass is 457 g/mol. The lowest BCUT2D eigenvalue weighted by atomic mass is 10.2. The highest BCUT2D eigenvalue weighted by Gasteiger charge is 2.54. The molecule has 1 saturated carbocycles. The summed E-state index contributed by atoms with van der Waals surface area (Å²) < 4.78 is 16.8. The quantitative estimate of drug-likeness (QED) is 0.576. The number of hydrogen-bond donors (Lipinski definition) is 0. The van der Waals surface area contributed by atoms with E-state index in [9.17, 15) is 4.79 Å². The number of thiophene rings is 1. The molecule has 1 saturated heterocycles. The molecule has 4 rings (SSSR count). The van der Waals surface area contributed by atoms with E-state index in [1.165, 1.54) is 18.4 Å². The van der Waals surface area contributed by atoms with E-state index in [1.807, 2.05) is 0 Å². The van der Waals surface area contributed by atoms with E-state index in [0.29, 0.717) is 40.5 Å². The fourth-order valence-corrected chi connectivity index (χ4v) is 4.83. The average Bonchev–Trinajstić information content (AvgIpc) is 3.19. The third kappa shape index (κ3) is 4.17. The van der Waals surface area contributed by atoms with Gasteiger partial charge in [0.2, 0.25) is 11.5 Å². The van der Waals surface area contributed by atoms with Crippen LogP contribution in [0.5, 0.6) is 5.88 Å². The van der Waals surface area contributed by atoms with Crippen molar-refractivity contribution in [3.63, 3.8) is 0 Å². The molecule has 2 aromatic rings. The first-order valence-electron chi connectivity index (χ1n) is 9.33. The molecule has 1 aliphatic heterocycles. The highest BCUT2D eigenvalue weighted by molar-refractivity contribution is 7.20. The van der Waals surface area contributed by atoms with Crippen molar-refractivity contribution in [3.8, 4) is 16.6 Å². The lowest BCUT2D eigenvalue weighted by Gasteiger charge is -2.26. The summed E-state index contributed by atoms with van der Waals surface area (Å²) in [5, 5.41) is 0.454. The van der Waals surface area contributed by atoms with E-state index in [4.69, 9.17) is 42.4 Å². The molecule has 0 aromatic carbocycles. The van der Waals surface area contributed by atoms with Crippen molar-refractivity contribution in [2.24, 2.45) is 0 Å². The Balaban J connectivity index is 1.72. The fourth-order valence-electron chi connectivity index (χ4n) is 3.53. The maximum absolute atomic E-state index is 12.1. The molecule has 2 aliphatic rings. The average molecular weight is 458 g/mol. The van der Waals surface area contributed by atoms with Crippen LogP contribution in [0.1, 0.15) is 25.7 Å². The van der Waals surface area contributed by atoms with Crippen LogP contribution in [0, 0.1) is 0 Å². The summed E-state index contributed by atoms with van der Waals surface area (Å²) in [6, 6.07) is 3.74. The molecule has 2 fully saturated rings. The van der Waals surface area contributed by atoms with E-state index in [-0.39, 0.29) is 12.0 Å². The number of anilines is 1. The first-order valence-corrected chi connectivity index (χ1v) is 10.9. The highest BCUT2D eigenvalue weighted by atomic mass is 35.5. The zero-order valence-electron chi connectivity index (χ0n) is 16.1. The van der Waals surface area contributed by atoms with E-state index < -0.39 is 5.60 Å². The molecular weight excluding hydrogens is 437 g/mol. The van der Waals surface area contributed by atoms with Gasteiger partial charge in [-0.2, -0.15) is 4.98 Å². The van der Waals surface area contributed by atoms with Crippen LogP contribution in [-0.2, 0) is 14.3 Å². The molecule has 10 heteroatoms. The van der Waals surface area contributed by atoms with Crippen LogP contribution < -0.4 is 9.64 Å². The first-order chi connectivity index (χ1) is 14.0. The SMILES string of the molecule is COC[C@@H]1CCCN1c1cc(OC2(C(=O)OC)CC2)nc(-c2cc(Cl)c(Cl)s2)n1. The Kier molecular flexibility index (Phi) is 5.88. The zero-order valence-corrected chi connectivity index (χ0v) is 18.4. The van der Waals surface area contributed by atoms with Crippen molar-refractivity contribution >= 4 is 46.3 Å². The standard InChI is InChI=1S/C19H21Cl2N3O4S/c1-26-10-11-4-3-7-24(11)14-9-15(28-19(5-6-19)18(25)27-2)23-17(22-14)13-8-12(20)16(21)29-13/h8-9,11H,3-7,10H2,1-2H3/t11-/m0/s1. The van der Waals surface area contributed by atoms with Gasteiger partial charge in [0.15, 0.2) is 5.82 Å². The van der Waals surface area contributed by atoms with Crippen molar-refractivity contribution in [1.82, 2.24) is 9.97 Å². The van der Waals surface area contributed by atoms with Gasteiger partial charge in [0.05, 0.1) is 29.7 Å². The Bertz CT molecular complexity index is 899. The molecule has 0 amide bonds. The molecule has 7 nitrogen and oxygen atoms in total. The summed E-state index contributed by atoms with van der Waals surface area (Å²) in [5.41, 5.74) is -0.959. The molecule has 0 unspecified atom stereocenters. The van der Waals surface area contributed by atoms with E-state index in [2.05, 4.69) is 9.88 Å². The molecule has 156 valence electrons. The Morgan fingerprint density at radius 2 is 2.10 bits per heavy atom. The van der Waals surface area contributed by atoms with Gasteiger partial charge in [0, 0.05) is 32.6 Å². The van der Waals surface area contributed by atoms with Crippen LogP contribution >= 0.6 is 34.5 Å². The lowest BCUT2D eigenvalue weighted by molar-refractivity contribution is -0.151. The van der Waals surface area contributed by atoms with Crippen molar-refractivity contribution in [2.75, 3.05) is 32.3 Å². The summed E-state index contributed by atoms with van der Waals surface area (Å²) in [6.07, 6.45) is 3.26. The number of rotatable bonds is 7. The second-order valence-corrected chi connectivity index (χ2v) is 9.21. The number of carbonyl (C=O) groups excluding carboxylic acids is 1. The Labute approximate surface area is 182 Å². The number of carbonyl (C=O) groups is 1. The lowest BCUT2D eigenvalue weighted by Crippen LogP contribution is -2.34. The molecule has 1 aliphatic carbocycles. The number of hydrogen-bond acceptors (Lipinski definition) is 8. The minimum Gasteiger partial charge on any atom is -0.466 e. The van der Waals surface area contributed by atoms with Gasteiger partial charge >= 0.3 is 5.97 Å². The summed E-state index contributed by atoms with van der Waals surface area (Å²) in [7, 11) is 3.05. The molecule has 0 radical (unpaired) electrons. The molecule has 1 atom stereocenters. The van der Waals surface area contributed by atoms with Crippen molar-refractivity contribution in [2.45, 2.75) is 37.3 Å². The van der Waals surface area contributed by atoms with Gasteiger partial charge in [0.25, 0.3) is 0 Å². The maximum Gasteiger partial charge on any atom is 0.350 e. The van der Waals surface area contributed by atoms with Crippen LogP contribution in [0.25, 0.3) is 10.7 Å². The van der Waals surface area contributed by atoms with Crippen molar-refractivity contribution < 1.29 is 19.0 Å². The van der Waals surface area contributed by atoms with Gasteiger partial charge in [-0.05, 0) is 18.9 Å². The van der Waals surface area contributed by atoms with E-state index in [1.54, 1.807) is 19.2 Å². The number of nitrogens with zero attached hydrogens (tertiary/aromatic N) is 3. The van der Waals surface area contributed by atoms with E-state index >= 15 is 0 Å². The Hall–Kier alpha value is -1.61. The third-order valence-electron chi connectivity index (χ3n) is 5.15. The van der Waals surface area contributed by atoms with Crippen LogP contribution in [0.4, 0.5) is 5.82 Å². The van der Waals surface area contributed by atoms with Gasteiger partial charge < -0.3 is 19.1 Å². The molecular formula is C19H21Cl2N3O4S. The molecule has 29 heavy (non-hydrogen) atoms. The Morgan fingerprint density at radius 3 is 2.72 bits per heavy atom. The van der Waals surface area contributed by atoms with Gasteiger partial charge in [-0.25, -0.2) is 9.78 Å². The van der Waals surface area contributed by atoms with Crippen molar-refractivity contribution in [3.05, 3.63) is 21.5 Å². The number of esters is 1. The summed E-state index contributed by atoms with van der Waals surface area (Å²) in [4.78, 5) is 24.3. The van der Waals surface area contributed by atoms with Gasteiger partial charge in [-0.1, -0.05) is 23.2 Å². The third-order valence-corrected chi connectivity index (χ3v) is 7.01. The normalized spacial score (nSPS) is 20.0. The maximum atomic E-state index is 12.1. The van der Waals surface area contributed by atoms with Crippen LogP contribution in [0.2, 0.25) is 9.36 Å². The minimum absolute atomic E-state index is 0.224. The number of methoxy groups -OCH3 is 2. The Morgan fingerprint density at radius 1 is 1.31 bits per heavy atom. The molecule has 2 aromatic heterocycles. The second-order valence-electron chi connectivity index (χ2n) is 7.15. The molecule has 0 spiro atoms. The summed E-state index contributed by atoms with van der Waals surface area (Å²) in [6.45, 7) is 1.47. The smallest absolute Gasteiger partial charge is 0.350 e. The summed E-state index contributed by atoms with van der Waals surface area (Å²) in [5.74, 6) is 1.13. The fraction of sp³-hybridized carbons (Fsp3) is 0.526. The topological polar surface area (TPSA) is 73.8 Å². The second kappa shape index (κ2) is 8.26. The number of aromatic nitrogens is 2. The first kappa shape index (κ1) is 20.7. The van der Waals surface area contributed by atoms with Crippen LogP contribution in [-0.4, -0.2) is 55.0 Å². The van der Waals surface area contributed by atoms with Gasteiger partial charge in [-0.3, -0.25) is 0 Å². The molecule has 0 N–H and O–H groups in total. The molecule has 0 bridgehead atoms.